The molecule has 0 radical (unpaired) electrons. The van der Waals surface area contributed by atoms with E-state index in [-0.39, 0.29) is 0 Å². The quantitative estimate of drug-likeness (QED) is 0.531. The fourth-order valence-corrected chi connectivity index (χ4v) is 1.58. The zero-order valence-corrected chi connectivity index (χ0v) is 10.3. The molecule has 1 unspecified atom stereocenters. The molecule has 1 atom stereocenters. The van der Waals surface area contributed by atoms with Crippen molar-refractivity contribution in [3.05, 3.63) is 11.6 Å². The minimum atomic E-state index is 0.712. The van der Waals surface area contributed by atoms with Crippen LogP contribution in [-0.2, 0) is 4.74 Å². The van der Waals surface area contributed by atoms with Crippen molar-refractivity contribution in [2.45, 2.75) is 53.4 Å². The van der Waals surface area contributed by atoms with Crippen LogP contribution in [0.25, 0.3) is 0 Å². The van der Waals surface area contributed by atoms with Crippen molar-refractivity contribution in [2.24, 2.45) is 5.92 Å². The standard InChI is InChI=1S/C13H26O/c1-5-8-12(3)9-7-10-13(4)11-14-6-2/h8,13H,5-7,9-11H2,1-4H3/b12-8+. The Morgan fingerprint density at radius 1 is 1.36 bits per heavy atom. The molecule has 14 heavy (non-hydrogen) atoms. The van der Waals surface area contributed by atoms with Crippen molar-refractivity contribution in [2.75, 3.05) is 13.2 Å². The normalized spacial score (nSPS) is 14.4. The lowest BCUT2D eigenvalue weighted by Gasteiger charge is -2.10. The third kappa shape index (κ3) is 8.31. The SMILES string of the molecule is CC/C=C(\C)CCCC(C)COCC. The molecule has 1 heteroatoms. The van der Waals surface area contributed by atoms with Gasteiger partial charge in [-0.15, -0.1) is 0 Å². The van der Waals surface area contributed by atoms with Gasteiger partial charge in [-0.2, -0.15) is 0 Å². The molecule has 0 spiro atoms. The molecule has 0 aliphatic heterocycles. The van der Waals surface area contributed by atoms with Crippen molar-refractivity contribution in [3.63, 3.8) is 0 Å². The average Bonchev–Trinajstić information content (AvgIpc) is 2.15. The van der Waals surface area contributed by atoms with Crippen LogP contribution in [0.4, 0.5) is 0 Å². The Morgan fingerprint density at radius 2 is 2.07 bits per heavy atom. The highest BCUT2D eigenvalue weighted by Crippen LogP contribution is 2.12. The van der Waals surface area contributed by atoms with Crippen LogP contribution in [0, 0.1) is 5.92 Å². The van der Waals surface area contributed by atoms with Crippen LogP contribution in [-0.4, -0.2) is 13.2 Å². The molecule has 0 rings (SSSR count). The fraction of sp³-hybridized carbons (Fsp3) is 0.846. The van der Waals surface area contributed by atoms with Gasteiger partial charge in [0.1, 0.15) is 0 Å². The predicted octanol–water partition coefficient (Wildman–Crippen LogP) is 4.19. The summed E-state index contributed by atoms with van der Waals surface area (Å²) in [4.78, 5) is 0. The molecule has 0 aliphatic carbocycles. The maximum atomic E-state index is 5.39. The second kappa shape index (κ2) is 9.26. The minimum Gasteiger partial charge on any atom is -0.381 e. The molecule has 0 amide bonds. The zero-order valence-electron chi connectivity index (χ0n) is 10.3. The van der Waals surface area contributed by atoms with E-state index in [1.165, 1.54) is 31.3 Å². The molecule has 0 saturated heterocycles. The number of allylic oxidation sites excluding steroid dienone is 2. The lowest BCUT2D eigenvalue weighted by atomic mass is 10.0. The van der Waals surface area contributed by atoms with Crippen LogP contribution < -0.4 is 0 Å². The van der Waals surface area contributed by atoms with E-state index in [4.69, 9.17) is 4.74 Å². The van der Waals surface area contributed by atoms with Crippen LogP contribution in [0.15, 0.2) is 11.6 Å². The van der Waals surface area contributed by atoms with Crippen LogP contribution in [0.2, 0.25) is 0 Å². The summed E-state index contributed by atoms with van der Waals surface area (Å²) in [5, 5.41) is 0. The first-order chi connectivity index (χ1) is 6.70. The monoisotopic (exact) mass is 198 g/mol. The third-order valence-electron chi connectivity index (χ3n) is 2.43. The molecule has 0 heterocycles. The Labute approximate surface area is 89.5 Å². The van der Waals surface area contributed by atoms with E-state index in [1.807, 2.05) is 0 Å². The molecular formula is C13H26O. The van der Waals surface area contributed by atoms with E-state index in [0.29, 0.717) is 5.92 Å². The molecule has 0 saturated carbocycles. The van der Waals surface area contributed by atoms with Gasteiger partial charge in [0, 0.05) is 13.2 Å². The minimum absolute atomic E-state index is 0.712. The number of hydrogen-bond donors (Lipinski definition) is 0. The highest BCUT2D eigenvalue weighted by Gasteiger charge is 2.01. The lowest BCUT2D eigenvalue weighted by molar-refractivity contribution is 0.112. The maximum Gasteiger partial charge on any atom is 0.0491 e. The highest BCUT2D eigenvalue weighted by atomic mass is 16.5. The van der Waals surface area contributed by atoms with Gasteiger partial charge in [-0.25, -0.2) is 0 Å². The van der Waals surface area contributed by atoms with Crippen molar-refractivity contribution < 1.29 is 4.74 Å². The number of hydrogen-bond acceptors (Lipinski definition) is 1. The van der Waals surface area contributed by atoms with Crippen molar-refractivity contribution in [3.8, 4) is 0 Å². The summed E-state index contributed by atoms with van der Waals surface area (Å²) in [6.45, 7) is 10.5. The first kappa shape index (κ1) is 13.7. The van der Waals surface area contributed by atoms with Gasteiger partial charge in [-0.1, -0.05) is 25.5 Å². The molecule has 0 aromatic heterocycles. The van der Waals surface area contributed by atoms with Crippen LogP contribution in [0.5, 0.6) is 0 Å². The van der Waals surface area contributed by atoms with Crippen LogP contribution >= 0.6 is 0 Å². The van der Waals surface area contributed by atoms with Gasteiger partial charge in [0.15, 0.2) is 0 Å². The summed E-state index contributed by atoms with van der Waals surface area (Å²) in [5.41, 5.74) is 1.54. The topological polar surface area (TPSA) is 9.23 Å². The summed E-state index contributed by atoms with van der Waals surface area (Å²) in [7, 11) is 0. The van der Waals surface area contributed by atoms with E-state index < -0.39 is 0 Å². The predicted molar refractivity (Wildman–Crippen MR) is 63.6 cm³/mol. The number of rotatable bonds is 8. The third-order valence-corrected chi connectivity index (χ3v) is 2.43. The van der Waals surface area contributed by atoms with E-state index in [0.717, 1.165) is 13.2 Å². The van der Waals surface area contributed by atoms with Gasteiger partial charge in [0.25, 0.3) is 0 Å². The smallest absolute Gasteiger partial charge is 0.0491 e. The zero-order chi connectivity index (χ0) is 10.8. The largest absolute Gasteiger partial charge is 0.381 e. The van der Waals surface area contributed by atoms with E-state index in [9.17, 15) is 0 Å². The first-order valence-corrected chi connectivity index (χ1v) is 5.94. The highest BCUT2D eigenvalue weighted by molar-refractivity contribution is 4.96. The fourth-order valence-electron chi connectivity index (χ4n) is 1.58. The van der Waals surface area contributed by atoms with Crippen molar-refractivity contribution >= 4 is 0 Å². The molecule has 84 valence electrons. The van der Waals surface area contributed by atoms with E-state index in [2.05, 4.69) is 33.8 Å². The number of ether oxygens (including phenoxy) is 1. The molecule has 1 nitrogen and oxygen atoms in total. The molecule has 0 bridgehead atoms. The van der Waals surface area contributed by atoms with Gasteiger partial charge in [-0.3, -0.25) is 0 Å². The summed E-state index contributed by atoms with van der Waals surface area (Å²) >= 11 is 0. The van der Waals surface area contributed by atoms with Gasteiger partial charge >= 0.3 is 0 Å². The lowest BCUT2D eigenvalue weighted by Crippen LogP contribution is -2.05. The van der Waals surface area contributed by atoms with Gasteiger partial charge in [-0.05, 0) is 45.4 Å². The van der Waals surface area contributed by atoms with Crippen LogP contribution in [0.3, 0.4) is 0 Å². The van der Waals surface area contributed by atoms with Crippen LogP contribution in [0.1, 0.15) is 53.4 Å². The maximum absolute atomic E-state index is 5.39. The average molecular weight is 198 g/mol. The summed E-state index contributed by atoms with van der Waals surface area (Å²) in [5.74, 6) is 0.712. The Morgan fingerprint density at radius 3 is 2.64 bits per heavy atom. The molecule has 0 aromatic carbocycles. The Bertz CT molecular complexity index is 149. The summed E-state index contributed by atoms with van der Waals surface area (Å²) in [6.07, 6.45) is 7.34. The molecule has 0 aliphatic rings. The van der Waals surface area contributed by atoms with E-state index >= 15 is 0 Å². The molecule has 0 N–H and O–H groups in total. The summed E-state index contributed by atoms with van der Waals surface area (Å²) < 4.78 is 5.39. The van der Waals surface area contributed by atoms with Gasteiger partial charge in [0.2, 0.25) is 0 Å². The molecule has 0 aromatic rings. The Kier molecular flexibility index (Phi) is 9.06. The molecule has 0 fully saturated rings. The van der Waals surface area contributed by atoms with Crippen molar-refractivity contribution in [1.82, 2.24) is 0 Å². The summed E-state index contributed by atoms with van der Waals surface area (Å²) in [6, 6.07) is 0. The Balaban J connectivity index is 3.39. The second-order valence-corrected chi connectivity index (χ2v) is 4.12. The van der Waals surface area contributed by atoms with Crippen molar-refractivity contribution in [1.29, 1.82) is 0 Å². The van der Waals surface area contributed by atoms with E-state index in [1.54, 1.807) is 0 Å². The molecular weight excluding hydrogens is 172 g/mol. The Hall–Kier alpha value is -0.300. The van der Waals surface area contributed by atoms with Gasteiger partial charge in [0.05, 0.1) is 0 Å². The van der Waals surface area contributed by atoms with Gasteiger partial charge < -0.3 is 4.74 Å². The second-order valence-electron chi connectivity index (χ2n) is 4.12. The first-order valence-electron chi connectivity index (χ1n) is 5.94.